The topological polar surface area (TPSA) is 63.4 Å². The summed E-state index contributed by atoms with van der Waals surface area (Å²) in [5.74, 6) is 0. The van der Waals surface area contributed by atoms with E-state index in [2.05, 4.69) is 0 Å². The number of hydrogen-bond donors (Lipinski definition) is 1. The summed E-state index contributed by atoms with van der Waals surface area (Å²) in [5.41, 5.74) is 6.10. The quantitative estimate of drug-likeness (QED) is 0.855. The Bertz CT molecular complexity index is 646. The van der Waals surface area contributed by atoms with Gasteiger partial charge in [0.05, 0.1) is 5.02 Å². The molecule has 1 aliphatic heterocycles. The highest BCUT2D eigenvalue weighted by atomic mass is 35.5. The molecule has 0 aromatic heterocycles. The lowest BCUT2D eigenvalue weighted by Gasteiger charge is -2.26. The number of rotatable bonds is 3. The molecule has 21 heavy (non-hydrogen) atoms. The van der Waals surface area contributed by atoms with Crippen molar-refractivity contribution < 1.29 is 8.42 Å². The Morgan fingerprint density at radius 2 is 2.10 bits per heavy atom. The summed E-state index contributed by atoms with van der Waals surface area (Å²) in [6.45, 7) is 2.46. The molecule has 2 rings (SSSR count). The molecule has 4 nitrogen and oxygen atoms in total. The number of benzene rings is 1. The maximum absolute atomic E-state index is 12.9. The Morgan fingerprint density at radius 3 is 2.76 bits per heavy atom. The van der Waals surface area contributed by atoms with Crippen LogP contribution >= 0.6 is 23.8 Å². The van der Waals surface area contributed by atoms with Crippen LogP contribution in [0.15, 0.2) is 23.1 Å². The predicted molar refractivity (Wildman–Crippen MR) is 89.2 cm³/mol. The van der Waals surface area contributed by atoms with Crippen LogP contribution in [0.4, 0.5) is 0 Å². The second-order valence-corrected chi connectivity index (χ2v) is 8.03. The molecular formula is C14H19ClN2O2S2. The van der Waals surface area contributed by atoms with Gasteiger partial charge in [0, 0.05) is 18.2 Å². The van der Waals surface area contributed by atoms with Gasteiger partial charge in [-0.3, -0.25) is 0 Å². The average Bonchev–Trinajstić information content (AvgIpc) is 2.63. The summed E-state index contributed by atoms with van der Waals surface area (Å²) in [5, 5.41) is 0.200. The third-order valence-corrected chi connectivity index (χ3v) is 6.53. The Hall–Kier alpha value is -0.690. The largest absolute Gasteiger partial charge is 0.389 e. The third kappa shape index (κ3) is 3.56. The summed E-state index contributed by atoms with van der Waals surface area (Å²) in [6.07, 6.45) is 3.84. The zero-order chi connectivity index (χ0) is 15.6. The van der Waals surface area contributed by atoms with Crippen LogP contribution in [0, 0.1) is 0 Å². The summed E-state index contributed by atoms with van der Waals surface area (Å²) in [6, 6.07) is 4.61. The maximum Gasteiger partial charge on any atom is 0.244 e. The molecule has 0 spiro atoms. The SMILES string of the molecule is CC1CCCCCN1S(=O)(=O)c1cc(C(N)=S)ccc1Cl. The fourth-order valence-electron chi connectivity index (χ4n) is 2.59. The molecule has 1 heterocycles. The van der Waals surface area contributed by atoms with E-state index in [9.17, 15) is 8.42 Å². The molecule has 1 unspecified atom stereocenters. The second kappa shape index (κ2) is 6.60. The number of nitrogens with zero attached hydrogens (tertiary/aromatic N) is 1. The molecule has 1 saturated heterocycles. The monoisotopic (exact) mass is 346 g/mol. The highest BCUT2D eigenvalue weighted by Crippen LogP contribution is 2.29. The van der Waals surface area contributed by atoms with Crippen LogP contribution in [0.25, 0.3) is 0 Å². The van der Waals surface area contributed by atoms with Crippen LogP contribution in [0.1, 0.15) is 38.2 Å². The number of nitrogens with two attached hydrogens (primary N) is 1. The van der Waals surface area contributed by atoms with E-state index in [0.29, 0.717) is 12.1 Å². The molecule has 0 saturated carbocycles. The third-order valence-electron chi connectivity index (χ3n) is 3.79. The molecule has 0 amide bonds. The van der Waals surface area contributed by atoms with Gasteiger partial charge in [0.2, 0.25) is 10.0 Å². The van der Waals surface area contributed by atoms with Crippen molar-refractivity contribution >= 4 is 38.8 Å². The van der Waals surface area contributed by atoms with Crippen LogP contribution in [0.5, 0.6) is 0 Å². The zero-order valence-electron chi connectivity index (χ0n) is 11.9. The Balaban J connectivity index is 2.47. The van der Waals surface area contributed by atoms with Gasteiger partial charge in [-0.2, -0.15) is 4.31 Å². The van der Waals surface area contributed by atoms with Crippen molar-refractivity contribution in [3.05, 3.63) is 28.8 Å². The van der Waals surface area contributed by atoms with Gasteiger partial charge < -0.3 is 5.73 Å². The van der Waals surface area contributed by atoms with Crippen molar-refractivity contribution in [2.45, 2.75) is 43.5 Å². The van der Waals surface area contributed by atoms with Crippen molar-refractivity contribution in [2.75, 3.05) is 6.54 Å². The predicted octanol–water partition coefficient (Wildman–Crippen LogP) is 2.93. The molecule has 1 aromatic rings. The van der Waals surface area contributed by atoms with Crippen LogP contribution in [0.2, 0.25) is 5.02 Å². The van der Waals surface area contributed by atoms with Gasteiger partial charge in [0.15, 0.2) is 0 Å². The van der Waals surface area contributed by atoms with E-state index in [1.165, 1.54) is 12.1 Å². The number of thiocarbonyl (C=S) groups is 1. The van der Waals surface area contributed by atoms with E-state index >= 15 is 0 Å². The molecule has 2 N–H and O–H groups in total. The van der Waals surface area contributed by atoms with Gasteiger partial charge in [-0.1, -0.05) is 42.7 Å². The van der Waals surface area contributed by atoms with Gasteiger partial charge in [-0.25, -0.2) is 8.42 Å². The fourth-order valence-corrected chi connectivity index (χ4v) is 4.91. The van der Waals surface area contributed by atoms with Crippen molar-refractivity contribution in [3.63, 3.8) is 0 Å². The first-order valence-electron chi connectivity index (χ1n) is 6.95. The van der Waals surface area contributed by atoms with Crippen LogP contribution in [-0.4, -0.2) is 30.3 Å². The van der Waals surface area contributed by atoms with E-state index in [0.717, 1.165) is 25.7 Å². The molecule has 0 radical (unpaired) electrons. The Morgan fingerprint density at radius 1 is 1.38 bits per heavy atom. The van der Waals surface area contributed by atoms with Gasteiger partial charge in [0.25, 0.3) is 0 Å². The van der Waals surface area contributed by atoms with Gasteiger partial charge >= 0.3 is 0 Å². The van der Waals surface area contributed by atoms with E-state index in [-0.39, 0.29) is 20.9 Å². The van der Waals surface area contributed by atoms with Crippen molar-refractivity contribution in [2.24, 2.45) is 5.73 Å². The molecular weight excluding hydrogens is 328 g/mol. The smallest absolute Gasteiger partial charge is 0.244 e. The first kappa shape index (κ1) is 16.7. The minimum absolute atomic E-state index is 0.0259. The molecule has 0 bridgehead atoms. The van der Waals surface area contributed by atoms with E-state index in [4.69, 9.17) is 29.6 Å². The lowest BCUT2D eigenvalue weighted by atomic mass is 10.1. The zero-order valence-corrected chi connectivity index (χ0v) is 14.3. The summed E-state index contributed by atoms with van der Waals surface area (Å²) < 4.78 is 27.4. The van der Waals surface area contributed by atoms with Crippen LogP contribution in [-0.2, 0) is 10.0 Å². The summed E-state index contributed by atoms with van der Waals surface area (Å²) in [4.78, 5) is 0.246. The standard InChI is InChI=1S/C14H19ClN2O2S2/c1-10-5-3-2-4-8-17(10)21(18,19)13-9-11(14(16)20)6-7-12(13)15/h6-7,9-10H,2-5,8H2,1H3,(H2,16,20). The fraction of sp³-hybridized carbons (Fsp3) is 0.500. The molecule has 1 aliphatic rings. The van der Waals surface area contributed by atoms with E-state index in [1.54, 1.807) is 10.4 Å². The van der Waals surface area contributed by atoms with E-state index in [1.807, 2.05) is 6.92 Å². The summed E-state index contributed by atoms with van der Waals surface area (Å²) in [7, 11) is -3.64. The normalized spacial score (nSPS) is 21.0. The Labute approximate surface area is 136 Å². The molecule has 7 heteroatoms. The van der Waals surface area contributed by atoms with Crippen molar-refractivity contribution in [1.29, 1.82) is 0 Å². The molecule has 1 atom stereocenters. The lowest BCUT2D eigenvalue weighted by Crippen LogP contribution is -2.38. The van der Waals surface area contributed by atoms with Gasteiger partial charge in [-0.15, -0.1) is 0 Å². The highest BCUT2D eigenvalue weighted by molar-refractivity contribution is 7.89. The van der Waals surface area contributed by atoms with Gasteiger partial charge in [-0.05, 0) is 31.9 Å². The first-order valence-corrected chi connectivity index (χ1v) is 9.18. The number of halogens is 1. The van der Waals surface area contributed by atoms with Crippen molar-refractivity contribution in [1.82, 2.24) is 4.31 Å². The van der Waals surface area contributed by atoms with Crippen molar-refractivity contribution in [3.8, 4) is 0 Å². The molecule has 0 aliphatic carbocycles. The van der Waals surface area contributed by atoms with Gasteiger partial charge in [0.1, 0.15) is 9.88 Å². The summed E-state index contributed by atoms with van der Waals surface area (Å²) >= 11 is 11.0. The molecule has 1 fully saturated rings. The lowest BCUT2D eigenvalue weighted by molar-refractivity contribution is 0.342. The first-order chi connectivity index (χ1) is 9.84. The van der Waals surface area contributed by atoms with E-state index < -0.39 is 10.0 Å². The maximum atomic E-state index is 12.9. The van der Waals surface area contributed by atoms with Crippen LogP contribution < -0.4 is 5.73 Å². The number of hydrogen-bond acceptors (Lipinski definition) is 3. The average molecular weight is 347 g/mol. The van der Waals surface area contributed by atoms with Crippen LogP contribution in [0.3, 0.4) is 0 Å². The number of sulfonamides is 1. The second-order valence-electron chi connectivity index (χ2n) is 5.32. The minimum Gasteiger partial charge on any atom is -0.389 e. The molecule has 1 aromatic carbocycles. The minimum atomic E-state index is -3.64. The highest BCUT2D eigenvalue weighted by Gasteiger charge is 2.31. The molecule has 116 valence electrons. The Kier molecular flexibility index (Phi) is 5.24.